The van der Waals surface area contributed by atoms with E-state index in [4.69, 9.17) is 13.7 Å². The molecule has 0 fully saturated rings. The summed E-state index contributed by atoms with van der Waals surface area (Å²) in [4.78, 5) is 12.5. The lowest BCUT2D eigenvalue weighted by molar-refractivity contribution is 0.373. The van der Waals surface area contributed by atoms with Crippen molar-refractivity contribution in [3.8, 4) is 40.1 Å². The number of hydrogen-bond acceptors (Lipinski definition) is 9. The molecule has 0 aliphatic rings. The predicted octanol–water partition coefficient (Wildman–Crippen LogP) is 1.77. The fourth-order valence-corrected chi connectivity index (χ4v) is 2.81. The van der Waals surface area contributed by atoms with Crippen molar-refractivity contribution in [3.05, 3.63) is 40.6 Å². The van der Waals surface area contributed by atoms with E-state index in [-0.39, 0.29) is 28.4 Å². The Morgan fingerprint density at radius 3 is 2.37 bits per heavy atom. The topological polar surface area (TPSA) is 164 Å². The standard InChI is InChI=1S/C16H12O10S/c1-24-10-4-7(2-3-9(10)18)16-15(20)14(19)13-11(25-16)5-8(17)6-12(13)26-27(21,22)23/h2-6,17-18,20H,1H3,(H,21,22,23). The van der Waals surface area contributed by atoms with Crippen molar-refractivity contribution in [1.82, 2.24) is 0 Å². The largest absolute Gasteiger partial charge is 0.508 e. The Hall–Kier alpha value is -3.44. The molecule has 2 aromatic carbocycles. The summed E-state index contributed by atoms with van der Waals surface area (Å²) in [7, 11) is -3.71. The van der Waals surface area contributed by atoms with Gasteiger partial charge in [0.25, 0.3) is 0 Å². The fraction of sp³-hybridized carbons (Fsp3) is 0.0625. The monoisotopic (exact) mass is 396 g/mol. The van der Waals surface area contributed by atoms with Crippen LogP contribution in [0.2, 0.25) is 0 Å². The number of ether oxygens (including phenoxy) is 1. The average molecular weight is 396 g/mol. The molecule has 0 atom stereocenters. The number of methoxy groups -OCH3 is 1. The van der Waals surface area contributed by atoms with Gasteiger partial charge in [0.2, 0.25) is 11.2 Å². The van der Waals surface area contributed by atoms with Gasteiger partial charge in [0.15, 0.2) is 23.0 Å². The summed E-state index contributed by atoms with van der Waals surface area (Å²) in [5.74, 6) is -2.61. The highest BCUT2D eigenvalue weighted by Gasteiger charge is 2.22. The molecule has 0 saturated carbocycles. The van der Waals surface area contributed by atoms with Gasteiger partial charge in [-0.3, -0.25) is 9.35 Å². The van der Waals surface area contributed by atoms with Gasteiger partial charge in [0.05, 0.1) is 7.11 Å². The van der Waals surface area contributed by atoms with Gasteiger partial charge in [-0.15, -0.1) is 0 Å². The summed E-state index contributed by atoms with van der Waals surface area (Å²) >= 11 is 0. The Morgan fingerprint density at radius 2 is 1.74 bits per heavy atom. The Morgan fingerprint density at radius 1 is 1.04 bits per heavy atom. The third-order valence-corrected chi connectivity index (χ3v) is 3.95. The van der Waals surface area contributed by atoms with Gasteiger partial charge >= 0.3 is 10.4 Å². The molecule has 11 heteroatoms. The molecular weight excluding hydrogens is 384 g/mol. The first kappa shape index (κ1) is 18.4. The van der Waals surface area contributed by atoms with E-state index in [1.807, 2.05) is 0 Å². The lowest BCUT2D eigenvalue weighted by Gasteiger charge is -2.10. The van der Waals surface area contributed by atoms with Crippen LogP contribution < -0.4 is 14.3 Å². The Balaban J connectivity index is 2.33. The van der Waals surface area contributed by atoms with Crippen LogP contribution in [-0.2, 0) is 10.4 Å². The van der Waals surface area contributed by atoms with Gasteiger partial charge in [-0.1, -0.05) is 0 Å². The minimum Gasteiger partial charge on any atom is -0.508 e. The molecule has 0 saturated heterocycles. The Labute approximate surface area is 151 Å². The summed E-state index contributed by atoms with van der Waals surface area (Å²) in [6, 6.07) is 5.62. The minimum atomic E-state index is -5.01. The number of rotatable bonds is 4. The molecule has 0 aliphatic heterocycles. The molecule has 0 amide bonds. The second kappa shape index (κ2) is 6.37. The molecule has 0 radical (unpaired) electrons. The van der Waals surface area contributed by atoms with Crippen molar-refractivity contribution in [1.29, 1.82) is 0 Å². The molecule has 0 spiro atoms. The van der Waals surface area contributed by atoms with Crippen LogP contribution in [0.4, 0.5) is 0 Å². The molecule has 142 valence electrons. The van der Waals surface area contributed by atoms with Crippen LogP contribution in [0.15, 0.2) is 39.5 Å². The van der Waals surface area contributed by atoms with E-state index in [9.17, 15) is 28.5 Å². The van der Waals surface area contributed by atoms with Crippen molar-refractivity contribution in [3.63, 3.8) is 0 Å². The van der Waals surface area contributed by atoms with E-state index < -0.39 is 38.5 Å². The van der Waals surface area contributed by atoms with Crippen molar-refractivity contribution in [2.45, 2.75) is 0 Å². The van der Waals surface area contributed by atoms with Crippen LogP contribution in [-0.4, -0.2) is 35.4 Å². The number of phenolic OH excluding ortho intramolecular Hbond substituents is 2. The Bertz CT molecular complexity index is 1210. The maximum absolute atomic E-state index is 12.5. The zero-order chi connectivity index (χ0) is 19.9. The molecule has 0 unspecified atom stereocenters. The first-order valence-electron chi connectivity index (χ1n) is 7.17. The highest BCUT2D eigenvalue weighted by molar-refractivity contribution is 7.81. The zero-order valence-corrected chi connectivity index (χ0v) is 14.3. The van der Waals surface area contributed by atoms with E-state index in [0.29, 0.717) is 0 Å². The summed E-state index contributed by atoms with van der Waals surface area (Å²) < 4.78 is 45.4. The van der Waals surface area contributed by atoms with Crippen molar-refractivity contribution in [2.24, 2.45) is 0 Å². The second-order valence-corrected chi connectivity index (χ2v) is 6.35. The highest BCUT2D eigenvalue weighted by Crippen LogP contribution is 2.38. The van der Waals surface area contributed by atoms with E-state index >= 15 is 0 Å². The van der Waals surface area contributed by atoms with Gasteiger partial charge in [-0.2, -0.15) is 8.42 Å². The SMILES string of the molecule is COc1cc(-c2oc3cc(O)cc(OS(=O)(=O)O)c3c(=O)c2O)ccc1O. The Kier molecular flexibility index (Phi) is 4.33. The van der Waals surface area contributed by atoms with Crippen molar-refractivity contribution >= 4 is 21.4 Å². The molecule has 1 heterocycles. The number of phenols is 2. The zero-order valence-electron chi connectivity index (χ0n) is 13.5. The van der Waals surface area contributed by atoms with Crippen molar-refractivity contribution < 1.29 is 41.6 Å². The molecule has 10 nitrogen and oxygen atoms in total. The summed E-state index contributed by atoms with van der Waals surface area (Å²) in [5, 5.41) is 29.1. The van der Waals surface area contributed by atoms with Crippen LogP contribution in [0.3, 0.4) is 0 Å². The van der Waals surface area contributed by atoms with Gasteiger partial charge < -0.3 is 28.7 Å². The first-order valence-corrected chi connectivity index (χ1v) is 8.54. The van der Waals surface area contributed by atoms with Crippen LogP contribution in [0.5, 0.6) is 28.7 Å². The first-order chi connectivity index (χ1) is 12.6. The normalized spacial score (nSPS) is 11.5. The predicted molar refractivity (Wildman–Crippen MR) is 91.6 cm³/mol. The summed E-state index contributed by atoms with van der Waals surface area (Å²) in [6.07, 6.45) is 0. The number of fused-ring (bicyclic) bond motifs is 1. The van der Waals surface area contributed by atoms with Crippen molar-refractivity contribution in [2.75, 3.05) is 7.11 Å². The van der Waals surface area contributed by atoms with Crippen LogP contribution in [0, 0.1) is 0 Å². The highest BCUT2D eigenvalue weighted by atomic mass is 32.3. The lowest BCUT2D eigenvalue weighted by Crippen LogP contribution is -2.10. The van der Waals surface area contributed by atoms with Gasteiger partial charge in [0, 0.05) is 17.7 Å². The molecule has 0 aliphatic carbocycles. The van der Waals surface area contributed by atoms with E-state index in [1.165, 1.54) is 25.3 Å². The number of benzene rings is 2. The second-order valence-electron chi connectivity index (χ2n) is 5.32. The van der Waals surface area contributed by atoms with E-state index in [2.05, 4.69) is 4.18 Å². The lowest BCUT2D eigenvalue weighted by atomic mass is 10.1. The quantitative estimate of drug-likeness (QED) is 0.478. The number of aromatic hydroxyl groups is 3. The third kappa shape index (κ3) is 3.45. The van der Waals surface area contributed by atoms with Gasteiger partial charge in [0.1, 0.15) is 16.7 Å². The molecule has 1 aromatic heterocycles. The maximum Gasteiger partial charge on any atom is 0.446 e. The van der Waals surface area contributed by atoms with Crippen LogP contribution >= 0.6 is 0 Å². The molecule has 0 bridgehead atoms. The minimum absolute atomic E-state index is 0.0425. The average Bonchev–Trinajstić information content (AvgIpc) is 2.56. The molecule has 3 aromatic rings. The molecule has 27 heavy (non-hydrogen) atoms. The van der Waals surface area contributed by atoms with E-state index in [1.54, 1.807) is 0 Å². The molecular formula is C16H12O10S. The smallest absolute Gasteiger partial charge is 0.446 e. The summed E-state index contributed by atoms with van der Waals surface area (Å²) in [5.41, 5.74) is -1.24. The van der Waals surface area contributed by atoms with Gasteiger partial charge in [-0.05, 0) is 18.2 Å². The van der Waals surface area contributed by atoms with Crippen LogP contribution in [0.1, 0.15) is 0 Å². The third-order valence-electron chi connectivity index (χ3n) is 3.56. The maximum atomic E-state index is 12.5. The van der Waals surface area contributed by atoms with Crippen LogP contribution in [0.25, 0.3) is 22.3 Å². The molecule has 3 rings (SSSR count). The molecule has 4 N–H and O–H groups in total. The van der Waals surface area contributed by atoms with Gasteiger partial charge in [-0.25, -0.2) is 0 Å². The summed E-state index contributed by atoms with van der Waals surface area (Å²) in [6.45, 7) is 0. The number of hydrogen-bond donors (Lipinski definition) is 4. The van der Waals surface area contributed by atoms with E-state index in [0.717, 1.165) is 12.1 Å². The fourth-order valence-electron chi connectivity index (χ4n) is 2.45.